The maximum atomic E-state index is 12.3. The maximum Gasteiger partial charge on any atom is 0.253 e. The lowest BCUT2D eigenvalue weighted by Gasteiger charge is -2.21. The second-order valence-electron chi connectivity index (χ2n) is 4.25. The van der Waals surface area contributed by atoms with E-state index in [4.69, 9.17) is 10.8 Å². The van der Waals surface area contributed by atoms with Crippen LogP contribution in [0.15, 0.2) is 18.2 Å². The van der Waals surface area contributed by atoms with Crippen LogP contribution in [0.2, 0.25) is 0 Å². The normalized spacial score (nSPS) is 10.8. The summed E-state index contributed by atoms with van der Waals surface area (Å²) in [6.07, 6.45) is 0.863. The summed E-state index contributed by atoms with van der Waals surface area (Å²) >= 11 is 1.37. The number of nitrogen functional groups attached to an aromatic ring is 1. The number of thiazole rings is 1. The molecular formula is C13H17N3O2S. The molecule has 3 N–H and O–H groups in total. The van der Waals surface area contributed by atoms with E-state index in [0.717, 1.165) is 16.6 Å². The first kappa shape index (κ1) is 13.8. The molecule has 0 aliphatic carbocycles. The van der Waals surface area contributed by atoms with Crippen molar-refractivity contribution in [3.8, 4) is 0 Å². The molecule has 19 heavy (non-hydrogen) atoms. The molecule has 0 bridgehead atoms. The molecule has 2 aromatic rings. The van der Waals surface area contributed by atoms with Crippen LogP contribution in [0.4, 0.5) is 5.13 Å². The van der Waals surface area contributed by atoms with Gasteiger partial charge in [0.1, 0.15) is 0 Å². The first-order valence-electron chi connectivity index (χ1n) is 6.22. The number of aliphatic hydroxyl groups is 1. The van der Waals surface area contributed by atoms with Crippen molar-refractivity contribution in [1.29, 1.82) is 0 Å². The Kier molecular flexibility index (Phi) is 4.34. The van der Waals surface area contributed by atoms with E-state index < -0.39 is 0 Å². The number of carbonyl (C=O) groups excluding carboxylic acids is 1. The van der Waals surface area contributed by atoms with Gasteiger partial charge in [-0.3, -0.25) is 4.79 Å². The maximum absolute atomic E-state index is 12.3. The molecule has 102 valence electrons. The molecule has 2 rings (SSSR count). The summed E-state index contributed by atoms with van der Waals surface area (Å²) in [5, 5.41) is 9.52. The highest BCUT2D eigenvalue weighted by Gasteiger charge is 2.15. The van der Waals surface area contributed by atoms with Gasteiger partial charge < -0.3 is 15.7 Å². The minimum absolute atomic E-state index is 0.0263. The highest BCUT2D eigenvalue weighted by atomic mass is 32.1. The highest BCUT2D eigenvalue weighted by molar-refractivity contribution is 7.22. The summed E-state index contributed by atoms with van der Waals surface area (Å²) in [6, 6.07) is 5.37. The quantitative estimate of drug-likeness (QED) is 0.873. The van der Waals surface area contributed by atoms with E-state index in [1.807, 2.05) is 13.0 Å². The Bertz CT molecular complexity index is 576. The van der Waals surface area contributed by atoms with Crippen molar-refractivity contribution in [2.45, 2.75) is 13.3 Å². The molecule has 6 heteroatoms. The van der Waals surface area contributed by atoms with Crippen molar-refractivity contribution in [2.75, 3.05) is 25.4 Å². The summed E-state index contributed by atoms with van der Waals surface area (Å²) in [6.45, 7) is 2.98. The number of benzene rings is 1. The predicted molar refractivity (Wildman–Crippen MR) is 77.3 cm³/mol. The summed E-state index contributed by atoms with van der Waals surface area (Å²) in [4.78, 5) is 18.2. The third-order valence-corrected chi connectivity index (χ3v) is 3.65. The second kappa shape index (κ2) is 5.99. The lowest BCUT2D eigenvalue weighted by molar-refractivity contribution is 0.0722. The summed E-state index contributed by atoms with van der Waals surface area (Å²) in [5.41, 5.74) is 7.07. The van der Waals surface area contributed by atoms with Crippen LogP contribution in [-0.2, 0) is 0 Å². The monoisotopic (exact) mass is 279 g/mol. The number of aliphatic hydroxyl groups excluding tert-OH is 1. The Hall–Kier alpha value is -1.66. The first-order chi connectivity index (χ1) is 9.15. The fourth-order valence-electron chi connectivity index (χ4n) is 1.96. The fraction of sp³-hybridized carbons (Fsp3) is 0.385. The van der Waals surface area contributed by atoms with Crippen LogP contribution < -0.4 is 5.73 Å². The Morgan fingerprint density at radius 2 is 2.26 bits per heavy atom. The van der Waals surface area contributed by atoms with E-state index in [9.17, 15) is 4.79 Å². The number of nitrogens with zero attached hydrogens (tertiary/aromatic N) is 2. The minimum atomic E-state index is -0.0650. The summed E-state index contributed by atoms with van der Waals surface area (Å²) < 4.78 is 0.906. The van der Waals surface area contributed by atoms with Crippen LogP contribution in [0, 0.1) is 0 Å². The van der Waals surface area contributed by atoms with Crippen LogP contribution in [0.1, 0.15) is 23.7 Å². The van der Waals surface area contributed by atoms with E-state index in [1.54, 1.807) is 17.0 Å². The van der Waals surface area contributed by atoms with Gasteiger partial charge in [-0.05, 0) is 24.6 Å². The molecule has 0 fully saturated rings. The first-order valence-corrected chi connectivity index (χ1v) is 7.03. The number of amides is 1. The molecule has 0 aliphatic heterocycles. The van der Waals surface area contributed by atoms with Gasteiger partial charge in [-0.1, -0.05) is 18.3 Å². The molecule has 0 atom stereocenters. The molecule has 0 unspecified atom stereocenters. The van der Waals surface area contributed by atoms with Gasteiger partial charge in [-0.25, -0.2) is 4.98 Å². The number of rotatable bonds is 5. The number of aromatic nitrogens is 1. The van der Waals surface area contributed by atoms with E-state index in [1.165, 1.54) is 11.3 Å². The number of fused-ring (bicyclic) bond motifs is 1. The van der Waals surface area contributed by atoms with Crippen molar-refractivity contribution >= 4 is 32.6 Å². The van der Waals surface area contributed by atoms with Crippen molar-refractivity contribution < 1.29 is 9.90 Å². The van der Waals surface area contributed by atoms with Crippen LogP contribution in [0.25, 0.3) is 10.2 Å². The zero-order chi connectivity index (χ0) is 13.8. The summed E-state index contributed by atoms with van der Waals surface area (Å²) in [5.74, 6) is -0.0650. The number of carbonyl (C=O) groups is 1. The number of hydrogen-bond acceptors (Lipinski definition) is 5. The Labute approximate surface area is 115 Å². The second-order valence-corrected chi connectivity index (χ2v) is 5.31. The van der Waals surface area contributed by atoms with Gasteiger partial charge in [0.05, 0.1) is 16.8 Å². The molecule has 1 aromatic carbocycles. The van der Waals surface area contributed by atoms with Crippen LogP contribution in [0.3, 0.4) is 0 Å². The molecule has 5 nitrogen and oxygen atoms in total. The smallest absolute Gasteiger partial charge is 0.253 e. The average molecular weight is 279 g/mol. The van der Waals surface area contributed by atoms with Gasteiger partial charge in [-0.2, -0.15) is 0 Å². The lowest BCUT2D eigenvalue weighted by Crippen LogP contribution is -2.34. The van der Waals surface area contributed by atoms with E-state index in [-0.39, 0.29) is 12.5 Å². The van der Waals surface area contributed by atoms with Gasteiger partial charge in [0.25, 0.3) is 5.91 Å². The Morgan fingerprint density at radius 3 is 2.95 bits per heavy atom. The topological polar surface area (TPSA) is 79.5 Å². The molecule has 1 heterocycles. The molecule has 1 aromatic heterocycles. The molecule has 0 radical (unpaired) electrons. The van der Waals surface area contributed by atoms with Crippen molar-refractivity contribution in [2.24, 2.45) is 0 Å². The van der Waals surface area contributed by atoms with E-state index in [2.05, 4.69) is 4.98 Å². The Balaban J connectivity index is 2.28. The molecule has 0 saturated carbocycles. The van der Waals surface area contributed by atoms with Gasteiger partial charge in [0.2, 0.25) is 0 Å². The van der Waals surface area contributed by atoms with Gasteiger partial charge in [0.15, 0.2) is 5.13 Å². The molecule has 0 aliphatic rings. The molecule has 0 spiro atoms. The van der Waals surface area contributed by atoms with Crippen molar-refractivity contribution in [3.05, 3.63) is 23.8 Å². The third-order valence-electron chi connectivity index (χ3n) is 2.80. The SMILES string of the molecule is CCCN(CCO)C(=O)c1ccc2nc(N)sc2c1. The lowest BCUT2D eigenvalue weighted by atomic mass is 10.2. The van der Waals surface area contributed by atoms with Gasteiger partial charge >= 0.3 is 0 Å². The van der Waals surface area contributed by atoms with Crippen LogP contribution in [0.5, 0.6) is 0 Å². The van der Waals surface area contributed by atoms with Crippen molar-refractivity contribution in [1.82, 2.24) is 9.88 Å². The standard InChI is InChI=1S/C13H17N3O2S/c1-2-5-16(6-7-17)12(18)9-3-4-10-11(8-9)19-13(14)15-10/h3-4,8,17H,2,5-7H2,1H3,(H2,14,15). The van der Waals surface area contributed by atoms with Crippen molar-refractivity contribution in [3.63, 3.8) is 0 Å². The van der Waals surface area contributed by atoms with E-state index >= 15 is 0 Å². The largest absolute Gasteiger partial charge is 0.395 e. The molecular weight excluding hydrogens is 262 g/mol. The van der Waals surface area contributed by atoms with Gasteiger partial charge in [-0.15, -0.1) is 0 Å². The fourth-order valence-corrected chi connectivity index (χ4v) is 2.74. The van der Waals surface area contributed by atoms with Crippen LogP contribution >= 0.6 is 11.3 Å². The van der Waals surface area contributed by atoms with Crippen LogP contribution in [-0.4, -0.2) is 40.6 Å². The number of anilines is 1. The predicted octanol–water partition coefficient (Wildman–Crippen LogP) is 1.72. The molecule has 1 amide bonds. The zero-order valence-electron chi connectivity index (χ0n) is 10.8. The average Bonchev–Trinajstić information content (AvgIpc) is 2.76. The number of hydrogen-bond donors (Lipinski definition) is 2. The molecule has 0 saturated heterocycles. The third kappa shape index (κ3) is 3.02. The Morgan fingerprint density at radius 1 is 1.47 bits per heavy atom. The summed E-state index contributed by atoms with van der Waals surface area (Å²) in [7, 11) is 0. The van der Waals surface area contributed by atoms with E-state index in [0.29, 0.717) is 23.8 Å². The minimum Gasteiger partial charge on any atom is -0.395 e. The highest BCUT2D eigenvalue weighted by Crippen LogP contribution is 2.25. The van der Waals surface area contributed by atoms with Gasteiger partial charge in [0, 0.05) is 18.7 Å². The number of nitrogens with two attached hydrogens (primary N) is 1. The zero-order valence-corrected chi connectivity index (χ0v) is 11.6.